The van der Waals surface area contributed by atoms with Gasteiger partial charge in [-0.3, -0.25) is 0 Å². The van der Waals surface area contributed by atoms with E-state index in [0.29, 0.717) is 12.5 Å². The summed E-state index contributed by atoms with van der Waals surface area (Å²) in [6, 6.07) is 12.3. The normalized spacial score (nSPS) is 16.8. The molecule has 0 amide bonds. The molecule has 2 heterocycles. The third-order valence-electron chi connectivity index (χ3n) is 4.97. The highest BCUT2D eigenvalue weighted by Gasteiger charge is 2.26. The van der Waals surface area contributed by atoms with Crippen LogP contribution in [-0.4, -0.2) is 40.8 Å². The first-order chi connectivity index (χ1) is 12.2. The highest BCUT2D eigenvalue weighted by atomic mass is 16.3. The van der Waals surface area contributed by atoms with Gasteiger partial charge in [-0.05, 0) is 44.2 Å². The van der Waals surface area contributed by atoms with Crippen LogP contribution in [0.1, 0.15) is 29.9 Å². The quantitative estimate of drug-likeness (QED) is 0.842. The zero-order valence-electron chi connectivity index (χ0n) is 14.9. The molecule has 0 radical (unpaired) electrons. The number of aryl methyl sites for hydroxylation is 1. The molecule has 5 heteroatoms. The third kappa shape index (κ3) is 4.77. The van der Waals surface area contributed by atoms with E-state index in [1.54, 1.807) is 0 Å². The number of aliphatic hydroxyl groups excluding tert-OH is 1. The molecule has 1 aromatic carbocycles. The van der Waals surface area contributed by atoms with E-state index in [-0.39, 0.29) is 6.10 Å². The Labute approximate surface area is 149 Å². The van der Waals surface area contributed by atoms with E-state index < -0.39 is 0 Å². The molecule has 1 saturated heterocycles. The largest absolute Gasteiger partial charge is 0.392 e. The number of hydrogen-bond donors (Lipinski definition) is 2. The van der Waals surface area contributed by atoms with Crippen LogP contribution in [0.3, 0.4) is 0 Å². The number of benzene rings is 1. The van der Waals surface area contributed by atoms with E-state index >= 15 is 0 Å². The fraction of sp³-hybridized carbons (Fsp3) is 0.500. The molecule has 134 valence electrons. The van der Waals surface area contributed by atoms with Gasteiger partial charge < -0.3 is 15.7 Å². The minimum atomic E-state index is -0.274. The summed E-state index contributed by atoms with van der Waals surface area (Å²) in [5.74, 6) is 2.14. The lowest BCUT2D eigenvalue weighted by Gasteiger charge is -2.35. The van der Waals surface area contributed by atoms with Crippen LogP contribution in [-0.2, 0) is 12.8 Å². The maximum absolute atomic E-state index is 10.6. The first-order valence-corrected chi connectivity index (χ1v) is 9.17. The van der Waals surface area contributed by atoms with Gasteiger partial charge in [0.1, 0.15) is 11.6 Å². The van der Waals surface area contributed by atoms with E-state index in [1.807, 2.05) is 25.1 Å². The maximum atomic E-state index is 10.6. The van der Waals surface area contributed by atoms with Gasteiger partial charge in [-0.2, -0.15) is 0 Å². The van der Waals surface area contributed by atoms with Crippen LogP contribution in [0.15, 0.2) is 36.4 Å². The average Bonchev–Trinajstić information content (AvgIpc) is 2.62. The summed E-state index contributed by atoms with van der Waals surface area (Å²) in [6.07, 6.45) is 3.22. The van der Waals surface area contributed by atoms with Crippen molar-refractivity contribution in [3.05, 3.63) is 53.5 Å². The molecule has 25 heavy (non-hydrogen) atoms. The molecule has 5 nitrogen and oxygen atoms in total. The van der Waals surface area contributed by atoms with Gasteiger partial charge in [0.2, 0.25) is 0 Å². The van der Waals surface area contributed by atoms with Crippen molar-refractivity contribution in [3.8, 4) is 0 Å². The molecule has 0 saturated carbocycles. The Morgan fingerprint density at radius 1 is 1.20 bits per heavy atom. The van der Waals surface area contributed by atoms with Crippen molar-refractivity contribution in [1.82, 2.24) is 9.97 Å². The molecule has 2 aromatic rings. The minimum Gasteiger partial charge on any atom is -0.392 e. The van der Waals surface area contributed by atoms with E-state index in [1.165, 1.54) is 5.56 Å². The summed E-state index contributed by atoms with van der Waals surface area (Å²) < 4.78 is 0. The van der Waals surface area contributed by atoms with Crippen molar-refractivity contribution in [3.63, 3.8) is 0 Å². The topological polar surface area (TPSA) is 75.3 Å². The Bertz CT molecular complexity index is 669. The standard InChI is InChI=1S/C20H28N4O/c1-15-22-18(7-10-21)14-20(23-15)24-11-8-17(9-12-24)19(25)13-16-5-3-2-4-6-16/h2-6,14,17,19,25H,7-13,21H2,1H3. The number of rotatable bonds is 6. The Morgan fingerprint density at radius 3 is 2.60 bits per heavy atom. The lowest BCUT2D eigenvalue weighted by Crippen LogP contribution is -2.39. The lowest BCUT2D eigenvalue weighted by atomic mass is 9.88. The number of aliphatic hydroxyl groups is 1. The predicted octanol–water partition coefficient (Wildman–Crippen LogP) is 2.11. The summed E-state index contributed by atoms with van der Waals surface area (Å²) in [7, 11) is 0. The average molecular weight is 340 g/mol. The number of nitrogens with two attached hydrogens (primary N) is 1. The first-order valence-electron chi connectivity index (χ1n) is 9.17. The van der Waals surface area contributed by atoms with Crippen molar-refractivity contribution in [2.75, 3.05) is 24.5 Å². The Kier molecular flexibility index (Phi) is 6.00. The minimum absolute atomic E-state index is 0.274. The van der Waals surface area contributed by atoms with Crippen LogP contribution in [0.4, 0.5) is 5.82 Å². The van der Waals surface area contributed by atoms with Crippen molar-refractivity contribution in [1.29, 1.82) is 0 Å². The number of aromatic nitrogens is 2. The van der Waals surface area contributed by atoms with Crippen molar-refractivity contribution in [2.45, 2.75) is 38.7 Å². The summed E-state index contributed by atoms with van der Waals surface area (Å²) in [5, 5.41) is 10.6. The highest BCUT2D eigenvalue weighted by molar-refractivity contribution is 5.40. The van der Waals surface area contributed by atoms with E-state index in [9.17, 15) is 5.11 Å². The molecule has 0 bridgehead atoms. The zero-order valence-corrected chi connectivity index (χ0v) is 14.9. The zero-order chi connectivity index (χ0) is 17.6. The smallest absolute Gasteiger partial charge is 0.132 e. The number of anilines is 1. The summed E-state index contributed by atoms with van der Waals surface area (Å²) in [5.41, 5.74) is 7.87. The van der Waals surface area contributed by atoms with Crippen LogP contribution < -0.4 is 10.6 Å². The number of nitrogens with zero attached hydrogens (tertiary/aromatic N) is 3. The second-order valence-electron chi connectivity index (χ2n) is 6.88. The molecular weight excluding hydrogens is 312 g/mol. The molecule has 1 aromatic heterocycles. The molecule has 1 unspecified atom stereocenters. The Morgan fingerprint density at radius 2 is 1.92 bits per heavy atom. The molecule has 1 aliphatic heterocycles. The van der Waals surface area contributed by atoms with E-state index in [4.69, 9.17) is 5.73 Å². The van der Waals surface area contributed by atoms with Crippen molar-refractivity contribution >= 4 is 5.82 Å². The summed E-state index contributed by atoms with van der Waals surface area (Å²) in [4.78, 5) is 11.3. The van der Waals surface area contributed by atoms with Gasteiger partial charge in [0.15, 0.2) is 0 Å². The molecule has 0 aliphatic carbocycles. The molecule has 0 spiro atoms. The van der Waals surface area contributed by atoms with Crippen LogP contribution >= 0.6 is 0 Å². The molecule has 3 N–H and O–H groups in total. The predicted molar refractivity (Wildman–Crippen MR) is 101 cm³/mol. The van der Waals surface area contributed by atoms with Crippen LogP contribution in [0.5, 0.6) is 0 Å². The fourth-order valence-electron chi connectivity index (χ4n) is 3.59. The van der Waals surface area contributed by atoms with E-state index in [2.05, 4.69) is 33.1 Å². The highest BCUT2D eigenvalue weighted by Crippen LogP contribution is 2.26. The number of piperidine rings is 1. The van der Waals surface area contributed by atoms with Gasteiger partial charge in [0, 0.05) is 31.3 Å². The van der Waals surface area contributed by atoms with Gasteiger partial charge in [-0.25, -0.2) is 9.97 Å². The van der Waals surface area contributed by atoms with E-state index in [0.717, 1.165) is 56.1 Å². The van der Waals surface area contributed by atoms with Crippen LogP contribution in [0.25, 0.3) is 0 Å². The SMILES string of the molecule is Cc1nc(CCN)cc(N2CCC(C(O)Cc3ccccc3)CC2)n1. The molecule has 3 rings (SSSR count). The molecule has 1 aliphatic rings. The second-order valence-corrected chi connectivity index (χ2v) is 6.88. The van der Waals surface area contributed by atoms with Crippen molar-refractivity contribution < 1.29 is 5.11 Å². The van der Waals surface area contributed by atoms with Gasteiger partial charge >= 0.3 is 0 Å². The lowest BCUT2D eigenvalue weighted by molar-refractivity contribution is 0.0929. The Balaban J connectivity index is 1.58. The first kappa shape index (κ1) is 17.8. The second kappa shape index (κ2) is 8.41. The van der Waals surface area contributed by atoms with Gasteiger partial charge in [-0.1, -0.05) is 30.3 Å². The summed E-state index contributed by atoms with van der Waals surface area (Å²) in [6.45, 7) is 4.38. The Hall–Kier alpha value is -1.98. The fourth-order valence-corrected chi connectivity index (χ4v) is 3.59. The van der Waals surface area contributed by atoms with Gasteiger partial charge in [0.25, 0.3) is 0 Å². The third-order valence-corrected chi connectivity index (χ3v) is 4.97. The molecule has 1 atom stereocenters. The van der Waals surface area contributed by atoms with Gasteiger partial charge in [0.05, 0.1) is 6.10 Å². The molecule has 1 fully saturated rings. The summed E-state index contributed by atoms with van der Waals surface area (Å²) >= 11 is 0. The van der Waals surface area contributed by atoms with Crippen molar-refractivity contribution in [2.24, 2.45) is 11.7 Å². The molecular formula is C20H28N4O. The maximum Gasteiger partial charge on any atom is 0.132 e. The van der Waals surface area contributed by atoms with Gasteiger partial charge in [-0.15, -0.1) is 0 Å². The van der Waals surface area contributed by atoms with Crippen LogP contribution in [0.2, 0.25) is 0 Å². The van der Waals surface area contributed by atoms with Crippen LogP contribution in [0, 0.1) is 12.8 Å². The number of hydrogen-bond acceptors (Lipinski definition) is 5. The monoisotopic (exact) mass is 340 g/mol.